The third kappa shape index (κ3) is 4.12. The summed E-state index contributed by atoms with van der Waals surface area (Å²) in [6.07, 6.45) is 0. The molecule has 0 saturated carbocycles. The quantitative estimate of drug-likeness (QED) is 0.904. The van der Waals surface area contributed by atoms with E-state index in [1.807, 2.05) is 0 Å². The number of benzene rings is 1. The Morgan fingerprint density at radius 1 is 1.28 bits per heavy atom. The first-order valence-electron chi connectivity index (χ1n) is 6.21. The number of hydrogen-bond donors (Lipinski definition) is 1. The van der Waals surface area contributed by atoms with E-state index < -0.39 is 0 Å². The van der Waals surface area contributed by atoms with Crippen molar-refractivity contribution in [1.82, 2.24) is 5.32 Å². The number of rotatable bonds is 5. The van der Waals surface area contributed by atoms with E-state index in [2.05, 4.69) is 57.0 Å². The Kier molecular flexibility index (Phi) is 5.23. The summed E-state index contributed by atoms with van der Waals surface area (Å²) in [7, 11) is 0. The molecule has 1 fully saturated rings. The summed E-state index contributed by atoms with van der Waals surface area (Å²) in [5.41, 5.74) is 2.58. The molecule has 0 radical (unpaired) electrons. The van der Waals surface area contributed by atoms with E-state index in [4.69, 9.17) is 4.74 Å². The summed E-state index contributed by atoms with van der Waals surface area (Å²) in [6, 6.07) is 8.72. The van der Waals surface area contributed by atoms with Crippen LogP contribution in [0, 0.1) is 0 Å². The second kappa shape index (κ2) is 6.92. The second-order valence-electron chi connectivity index (χ2n) is 4.39. The van der Waals surface area contributed by atoms with E-state index >= 15 is 0 Å². The molecular weight excluding hydrogens is 292 g/mol. The first kappa shape index (κ1) is 13.6. The summed E-state index contributed by atoms with van der Waals surface area (Å²) in [6.45, 7) is 9.10. The van der Waals surface area contributed by atoms with Crippen LogP contribution in [0.15, 0.2) is 35.3 Å². The third-order valence-corrected chi connectivity index (χ3v) is 3.24. The van der Waals surface area contributed by atoms with Crippen molar-refractivity contribution in [1.29, 1.82) is 0 Å². The largest absolute Gasteiger partial charge is 0.378 e. The lowest BCUT2D eigenvalue weighted by Crippen LogP contribution is -2.36. The monoisotopic (exact) mass is 310 g/mol. The molecule has 1 N–H and O–H groups in total. The predicted octanol–water partition coefficient (Wildman–Crippen LogP) is 2.52. The molecule has 0 atom stereocenters. The second-order valence-corrected chi connectivity index (χ2v) is 5.51. The van der Waals surface area contributed by atoms with Gasteiger partial charge >= 0.3 is 0 Å². The lowest BCUT2D eigenvalue weighted by Gasteiger charge is -2.28. The lowest BCUT2D eigenvalue weighted by molar-refractivity contribution is 0.122. The van der Waals surface area contributed by atoms with E-state index in [-0.39, 0.29) is 0 Å². The molecule has 0 aliphatic carbocycles. The molecule has 0 aromatic heterocycles. The highest BCUT2D eigenvalue weighted by atomic mass is 79.9. The zero-order chi connectivity index (χ0) is 12.8. The fourth-order valence-corrected chi connectivity index (χ4v) is 2.19. The predicted molar refractivity (Wildman–Crippen MR) is 79.2 cm³/mol. The molecule has 1 aromatic carbocycles. The molecule has 98 valence electrons. The first-order valence-corrected chi connectivity index (χ1v) is 7.00. The average molecular weight is 311 g/mol. The highest BCUT2D eigenvalue weighted by Crippen LogP contribution is 2.16. The highest BCUT2D eigenvalue weighted by molar-refractivity contribution is 9.11. The fraction of sp³-hybridized carbons (Fsp3) is 0.429. The van der Waals surface area contributed by atoms with Crippen LogP contribution in [0.2, 0.25) is 0 Å². The topological polar surface area (TPSA) is 24.5 Å². The Morgan fingerprint density at radius 2 is 1.94 bits per heavy atom. The summed E-state index contributed by atoms with van der Waals surface area (Å²) >= 11 is 3.34. The van der Waals surface area contributed by atoms with E-state index in [0.717, 1.165) is 43.9 Å². The van der Waals surface area contributed by atoms with Gasteiger partial charge in [0.15, 0.2) is 0 Å². The van der Waals surface area contributed by atoms with Crippen LogP contribution in [0.5, 0.6) is 0 Å². The zero-order valence-electron chi connectivity index (χ0n) is 10.5. The smallest absolute Gasteiger partial charge is 0.0642 e. The molecule has 0 unspecified atom stereocenters. The summed E-state index contributed by atoms with van der Waals surface area (Å²) in [4.78, 5) is 2.36. The number of morpholine rings is 1. The minimum absolute atomic E-state index is 0.797. The standard InChI is InChI=1S/C14H19BrN2O/c1-12(15)10-16-11-13-2-4-14(5-3-13)17-6-8-18-9-7-17/h2-5,16H,1,6-11H2. The van der Waals surface area contributed by atoms with Crippen molar-refractivity contribution in [3.63, 3.8) is 0 Å². The van der Waals surface area contributed by atoms with Crippen molar-refractivity contribution in [2.75, 3.05) is 37.7 Å². The van der Waals surface area contributed by atoms with Crippen LogP contribution in [0.3, 0.4) is 0 Å². The van der Waals surface area contributed by atoms with Crippen molar-refractivity contribution >= 4 is 21.6 Å². The molecule has 2 rings (SSSR count). The molecule has 0 bridgehead atoms. The van der Waals surface area contributed by atoms with Gasteiger partial charge in [0.25, 0.3) is 0 Å². The molecule has 3 nitrogen and oxygen atoms in total. The van der Waals surface area contributed by atoms with Crippen molar-refractivity contribution < 1.29 is 4.74 Å². The van der Waals surface area contributed by atoms with E-state index in [0.29, 0.717) is 0 Å². The number of hydrogen-bond acceptors (Lipinski definition) is 3. The minimum atomic E-state index is 0.797. The Labute approximate surface area is 117 Å². The zero-order valence-corrected chi connectivity index (χ0v) is 12.1. The minimum Gasteiger partial charge on any atom is -0.378 e. The molecule has 18 heavy (non-hydrogen) atoms. The maximum Gasteiger partial charge on any atom is 0.0642 e. The molecule has 0 amide bonds. The molecule has 1 aliphatic heterocycles. The fourth-order valence-electron chi connectivity index (χ4n) is 1.99. The van der Waals surface area contributed by atoms with Crippen LogP contribution >= 0.6 is 15.9 Å². The average Bonchev–Trinajstić information content (AvgIpc) is 2.40. The molecule has 1 aromatic rings. The molecule has 0 spiro atoms. The van der Waals surface area contributed by atoms with Crippen LogP contribution in [-0.4, -0.2) is 32.8 Å². The van der Waals surface area contributed by atoms with E-state index in [1.54, 1.807) is 0 Å². The maximum absolute atomic E-state index is 5.36. The maximum atomic E-state index is 5.36. The number of nitrogens with zero attached hydrogens (tertiary/aromatic N) is 1. The molecule has 1 heterocycles. The number of anilines is 1. The molecule has 1 saturated heterocycles. The first-order chi connectivity index (χ1) is 8.75. The van der Waals surface area contributed by atoms with Gasteiger partial charge in [0, 0.05) is 36.3 Å². The Morgan fingerprint density at radius 3 is 2.56 bits per heavy atom. The summed E-state index contributed by atoms with van der Waals surface area (Å²) in [5, 5.41) is 3.32. The molecular formula is C14H19BrN2O. The number of nitrogens with one attached hydrogen (secondary N) is 1. The lowest BCUT2D eigenvalue weighted by atomic mass is 10.2. The van der Waals surface area contributed by atoms with Crippen molar-refractivity contribution in [3.05, 3.63) is 40.9 Å². The third-order valence-electron chi connectivity index (χ3n) is 2.96. The van der Waals surface area contributed by atoms with Gasteiger partial charge in [0.2, 0.25) is 0 Å². The van der Waals surface area contributed by atoms with Gasteiger partial charge < -0.3 is 15.0 Å². The number of halogens is 1. The van der Waals surface area contributed by atoms with Gasteiger partial charge in [-0.2, -0.15) is 0 Å². The molecule has 4 heteroatoms. The van der Waals surface area contributed by atoms with Gasteiger partial charge in [-0.05, 0) is 17.7 Å². The van der Waals surface area contributed by atoms with Crippen LogP contribution in [-0.2, 0) is 11.3 Å². The van der Waals surface area contributed by atoms with Crippen molar-refractivity contribution in [2.45, 2.75) is 6.54 Å². The van der Waals surface area contributed by atoms with Gasteiger partial charge in [-0.25, -0.2) is 0 Å². The van der Waals surface area contributed by atoms with Crippen LogP contribution in [0.25, 0.3) is 0 Å². The SMILES string of the molecule is C=C(Br)CNCc1ccc(N2CCOCC2)cc1. The van der Waals surface area contributed by atoms with E-state index in [9.17, 15) is 0 Å². The van der Waals surface area contributed by atoms with Gasteiger partial charge in [-0.15, -0.1) is 0 Å². The molecule has 1 aliphatic rings. The van der Waals surface area contributed by atoms with Crippen LogP contribution in [0.4, 0.5) is 5.69 Å². The normalized spacial score (nSPS) is 15.7. The number of ether oxygens (including phenoxy) is 1. The highest BCUT2D eigenvalue weighted by Gasteiger charge is 2.10. The summed E-state index contributed by atoms with van der Waals surface area (Å²) < 4.78 is 6.34. The van der Waals surface area contributed by atoms with Crippen molar-refractivity contribution in [3.8, 4) is 0 Å². The summed E-state index contributed by atoms with van der Waals surface area (Å²) in [5.74, 6) is 0. The Balaban J connectivity index is 1.86. The Hall–Kier alpha value is -0.840. The van der Waals surface area contributed by atoms with Crippen molar-refractivity contribution in [2.24, 2.45) is 0 Å². The Bertz CT molecular complexity index is 385. The van der Waals surface area contributed by atoms with Crippen LogP contribution in [0.1, 0.15) is 5.56 Å². The van der Waals surface area contributed by atoms with Crippen LogP contribution < -0.4 is 10.2 Å². The van der Waals surface area contributed by atoms with E-state index in [1.165, 1.54) is 11.3 Å². The van der Waals surface area contributed by atoms with Gasteiger partial charge in [-0.1, -0.05) is 34.6 Å². The van der Waals surface area contributed by atoms with Gasteiger partial charge in [0.1, 0.15) is 0 Å². The van der Waals surface area contributed by atoms with Gasteiger partial charge in [0.05, 0.1) is 13.2 Å². The van der Waals surface area contributed by atoms with Gasteiger partial charge in [-0.3, -0.25) is 0 Å².